The zero-order valence-electron chi connectivity index (χ0n) is 10.0. The van der Waals surface area contributed by atoms with Crippen molar-refractivity contribution < 1.29 is 9.53 Å². The predicted molar refractivity (Wildman–Crippen MR) is 68.7 cm³/mol. The zero-order valence-corrected chi connectivity index (χ0v) is 10.8. The molecule has 1 rings (SSSR count). The number of hydrogen-bond acceptors (Lipinski definition) is 4. The normalized spacial score (nSPS) is 9.71. The van der Waals surface area contributed by atoms with Crippen molar-refractivity contribution in [3.05, 3.63) is 34.9 Å². The van der Waals surface area contributed by atoms with E-state index >= 15 is 0 Å². The Hall–Kier alpha value is -1.47. The van der Waals surface area contributed by atoms with Crippen LogP contribution in [-0.4, -0.2) is 18.3 Å². The van der Waals surface area contributed by atoms with E-state index in [-0.39, 0.29) is 5.97 Å². The monoisotopic (exact) mass is 249 g/mol. The Morgan fingerprint density at radius 2 is 2.29 bits per heavy atom. The van der Waals surface area contributed by atoms with Gasteiger partial charge in [-0.25, -0.2) is 0 Å². The number of hydrogen-bond donors (Lipinski definition) is 0. The Labute approximate surface area is 106 Å². The number of nitriles is 1. The summed E-state index contributed by atoms with van der Waals surface area (Å²) < 4.78 is 4.84. The average Bonchev–Trinajstić information content (AvgIpc) is 2.31. The van der Waals surface area contributed by atoms with E-state index in [1.165, 1.54) is 11.8 Å². The molecule has 0 aliphatic heterocycles. The minimum Gasteiger partial charge on any atom is -0.465 e. The van der Waals surface area contributed by atoms with Crippen molar-refractivity contribution in [3.63, 3.8) is 0 Å². The lowest BCUT2D eigenvalue weighted by Crippen LogP contribution is -2.06. The summed E-state index contributed by atoms with van der Waals surface area (Å²) in [5.41, 5.74) is 2.90. The van der Waals surface area contributed by atoms with Gasteiger partial charge in [0.2, 0.25) is 0 Å². The number of ether oxygens (including phenoxy) is 1. The molecule has 1 aromatic carbocycles. The van der Waals surface area contributed by atoms with Crippen LogP contribution in [0.3, 0.4) is 0 Å². The highest BCUT2D eigenvalue weighted by Gasteiger charge is 2.04. The summed E-state index contributed by atoms with van der Waals surface area (Å²) in [6.45, 7) is 4.20. The number of benzene rings is 1. The molecule has 3 nitrogen and oxygen atoms in total. The second-order valence-electron chi connectivity index (χ2n) is 3.55. The van der Waals surface area contributed by atoms with Gasteiger partial charge in [0.25, 0.3) is 0 Å². The summed E-state index contributed by atoms with van der Waals surface area (Å²) in [5, 5.41) is 8.74. The number of carbonyl (C=O) groups is 1. The maximum atomic E-state index is 11.1. The quantitative estimate of drug-likeness (QED) is 0.753. The number of carbonyl (C=O) groups excluding carboxylic acids is 1. The van der Waals surface area contributed by atoms with Gasteiger partial charge < -0.3 is 4.74 Å². The molecule has 0 bridgehead atoms. The molecule has 0 saturated heterocycles. The molecule has 0 aliphatic rings. The summed E-state index contributed by atoms with van der Waals surface area (Å²) >= 11 is 1.52. The van der Waals surface area contributed by atoms with Crippen LogP contribution in [-0.2, 0) is 15.3 Å². The number of aryl methyl sites for hydroxylation is 1. The standard InChI is InChI=1S/C13H15NO2S/c1-3-16-13(15)9-17-8-12-5-4-11(7-14)6-10(12)2/h4-6H,3,8-9H2,1-2H3. The van der Waals surface area contributed by atoms with Gasteiger partial charge >= 0.3 is 5.97 Å². The van der Waals surface area contributed by atoms with Crippen LogP contribution in [0.4, 0.5) is 0 Å². The van der Waals surface area contributed by atoms with Gasteiger partial charge in [-0.2, -0.15) is 5.26 Å². The van der Waals surface area contributed by atoms with Gasteiger partial charge in [-0.15, -0.1) is 11.8 Å². The third-order valence-electron chi connectivity index (χ3n) is 2.25. The van der Waals surface area contributed by atoms with Gasteiger partial charge in [-0.3, -0.25) is 4.79 Å². The Morgan fingerprint density at radius 1 is 1.53 bits per heavy atom. The number of thioether (sulfide) groups is 1. The zero-order chi connectivity index (χ0) is 12.7. The largest absolute Gasteiger partial charge is 0.465 e. The molecule has 4 heteroatoms. The van der Waals surface area contributed by atoms with Crippen molar-refractivity contribution >= 4 is 17.7 Å². The number of esters is 1. The third kappa shape index (κ3) is 4.49. The van der Waals surface area contributed by atoms with Crippen LogP contribution >= 0.6 is 11.8 Å². The first kappa shape index (κ1) is 13.6. The molecule has 0 amide bonds. The second-order valence-corrected chi connectivity index (χ2v) is 4.54. The molecular weight excluding hydrogens is 234 g/mol. The van der Waals surface area contributed by atoms with Crippen LogP contribution in [0.5, 0.6) is 0 Å². The van der Waals surface area contributed by atoms with Crippen molar-refractivity contribution in [2.75, 3.05) is 12.4 Å². The van der Waals surface area contributed by atoms with Crippen molar-refractivity contribution in [1.82, 2.24) is 0 Å². The first-order valence-electron chi connectivity index (χ1n) is 5.40. The Bertz CT molecular complexity index is 438. The maximum absolute atomic E-state index is 11.1. The van der Waals surface area contributed by atoms with E-state index in [0.717, 1.165) is 16.9 Å². The second kappa shape index (κ2) is 6.97. The molecule has 0 N–H and O–H groups in total. The lowest BCUT2D eigenvalue weighted by atomic mass is 10.1. The average molecular weight is 249 g/mol. The van der Waals surface area contributed by atoms with E-state index in [1.54, 1.807) is 13.0 Å². The minimum atomic E-state index is -0.177. The molecular formula is C13H15NO2S. The van der Waals surface area contributed by atoms with Crippen LogP contribution in [0.1, 0.15) is 23.6 Å². The van der Waals surface area contributed by atoms with E-state index in [0.29, 0.717) is 17.9 Å². The molecule has 0 spiro atoms. The van der Waals surface area contributed by atoms with Gasteiger partial charge in [0.15, 0.2) is 0 Å². The molecule has 90 valence electrons. The Kier molecular flexibility index (Phi) is 5.58. The van der Waals surface area contributed by atoms with Gasteiger partial charge in [-0.05, 0) is 37.1 Å². The van der Waals surface area contributed by atoms with Crippen LogP contribution in [0.25, 0.3) is 0 Å². The summed E-state index contributed by atoms with van der Waals surface area (Å²) in [5.74, 6) is 0.952. The fourth-order valence-electron chi connectivity index (χ4n) is 1.37. The first-order chi connectivity index (χ1) is 8.17. The van der Waals surface area contributed by atoms with E-state index < -0.39 is 0 Å². The molecule has 0 fully saturated rings. The minimum absolute atomic E-state index is 0.177. The Morgan fingerprint density at radius 3 is 2.88 bits per heavy atom. The highest BCUT2D eigenvalue weighted by Crippen LogP contribution is 2.17. The molecule has 0 aliphatic carbocycles. The molecule has 0 radical (unpaired) electrons. The topological polar surface area (TPSA) is 50.1 Å². The van der Waals surface area contributed by atoms with Crippen molar-refractivity contribution in [2.45, 2.75) is 19.6 Å². The summed E-state index contributed by atoms with van der Waals surface area (Å²) in [4.78, 5) is 11.1. The summed E-state index contributed by atoms with van der Waals surface area (Å²) in [6.07, 6.45) is 0. The fraction of sp³-hybridized carbons (Fsp3) is 0.385. The fourth-order valence-corrected chi connectivity index (χ4v) is 2.27. The molecule has 0 atom stereocenters. The Balaban J connectivity index is 2.47. The lowest BCUT2D eigenvalue weighted by Gasteiger charge is -2.05. The number of rotatable bonds is 5. The lowest BCUT2D eigenvalue weighted by molar-refractivity contribution is -0.139. The summed E-state index contributed by atoms with van der Waals surface area (Å²) in [6, 6.07) is 7.70. The summed E-state index contributed by atoms with van der Waals surface area (Å²) in [7, 11) is 0. The predicted octanol–water partition coefficient (Wildman–Crippen LogP) is 2.66. The van der Waals surface area contributed by atoms with Gasteiger partial charge in [0.05, 0.1) is 24.0 Å². The van der Waals surface area contributed by atoms with E-state index in [1.807, 2.05) is 19.1 Å². The van der Waals surface area contributed by atoms with Gasteiger partial charge in [-0.1, -0.05) is 6.07 Å². The molecule has 0 unspecified atom stereocenters. The van der Waals surface area contributed by atoms with E-state index in [4.69, 9.17) is 10.00 Å². The highest BCUT2D eigenvalue weighted by molar-refractivity contribution is 7.99. The molecule has 17 heavy (non-hydrogen) atoms. The first-order valence-corrected chi connectivity index (χ1v) is 6.55. The number of nitrogens with zero attached hydrogens (tertiary/aromatic N) is 1. The van der Waals surface area contributed by atoms with E-state index in [2.05, 4.69) is 6.07 Å². The highest BCUT2D eigenvalue weighted by atomic mass is 32.2. The van der Waals surface area contributed by atoms with Crippen molar-refractivity contribution in [2.24, 2.45) is 0 Å². The smallest absolute Gasteiger partial charge is 0.315 e. The molecule has 0 heterocycles. The van der Waals surface area contributed by atoms with Crippen LogP contribution in [0.2, 0.25) is 0 Å². The third-order valence-corrected chi connectivity index (χ3v) is 3.21. The van der Waals surface area contributed by atoms with Crippen LogP contribution < -0.4 is 0 Å². The molecule has 1 aromatic rings. The van der Waals surface area contributed by atoms with E-state index in [9.17, 15) is 4.79 Å². The molecule has 0 aromatic heterocycles. The maximum Gasteiger partial charge on any atom is 0.315 e. The van der Waals surface area contributed by atoms with Crippen LogP contribution in [0, 0.1) is 18.3 Å². The van der Waals surface area contributed by atoms with Gasteiger partial charge in [0, 0.05) is 5.75 Å². The molecule has 0 saturated carbocycles. The SMILES string of the molecule is CCOC(=O)CSCc1ccc(C#N)cc1C. The van der Waals surface area contributed by atoms with Crippen molar-refractivity contribution in [1.29, 1.82) is 5.26 Å². The van der Waals surface area contributed by atoms with Crippen LogP contribution in [0.15, 0.2) is 18.2 Å². The van der Waals surface area contributed by atoms with Gasteiger partial charge in [0.1, 0.15) is 0 Å². The van der Waals surface area contributed by atoms with Crippen molar-refractivity contribution in [3.8, 4) is 6.07 Å².